The van der Waals surface area contributed by atoms with Crippen molar-refractivity contribution >= 4 is 22.9 Å². The van der Waals surface area contributed by atoms with E-state index in [-0.39, 0.29) is 5.91 Å². The van der Waals surface area contributed by atoms with Gasteiger partial charge in [-0.3, -0.25) is 4.79 Å². The number of benzene rings is 3. The molecule has 0 fully saturated rings. The van der Waals surface area contributed by atoms with Crippen LogP contribution < -0.4 is 19.6 Å². The van der Waals surface area contributed by atoms with Gasteiger partial charge in [-0.15, -0.1) is 0 Å². The van der Waals surface area contributed by atoms with Crippen LogP contribution in [0, 0.1) is 0 Å². The van der Waals surface area contributed by atoms with Gasteiger partial charge in [0.25, 0.3) is 5.91 Å². The van der Waals surface area contributed by atoms with Gasteiger partial charge in [0, 0.05) is 5.56 Å². The Labute approximate surface area is 157 Å². The highest BCUT2D eigenvalue weighted by molar-refractivity contribution is 6.02. The number of nitrogens with zero attached hydrogens (tertiary/aromatic N) is 1. The lowest BCUT2D eigenvalue weighted by Crippen LogP contribution is -2.18. The van der Waals surface area contributed by atoms with Crippen molar-refractivity contribution < 1.29 is 19.0 Å². The van der Waals surface area contributed by atoms with Gasteiger partial charge in [-0.1, -0.05) is 30.3 Å². The smallest absolute Gasteiger partial charge is 0.275 e. The maximum Gasteiger partial charge on any atom is 0.275 e. The summed E-state index contributed by atoms with van der Waals surface area (Å²) in [6.07, 6.45) is 1.51. The number of carbonyl (C=O) groups is 1. The zero-order valence-corrected chi connectivity index (χ0v) is 15.4. The van der Waals surface area contributed by atoms with Crippen molar-refractivity contribution in [3.63, 3.8) is 0 Å². The fourth-order valence-electron chi connectivity index (χ4n) is 2.80. The molecule has 6 nitrogen and oxygen atoms in total. The number of carbonyl (C=O) groups excluding carboxylic acids is 1. The molecule has 3 aromatic rings. The molecule has 3 rings (SSSR count). The first kappa shape index (κ1) is 18.3. The van der Waals surface area contributed by atoms with Crippen molar-refractivity contribution in [3.8, 4) is 17.2 Å². The largest absolute Gasteiger partial charge is 0.496 e. The summed E-state index contributed by atoms with van der Waals surface area (Å²) in [5, 5.41) is 5.98. The third-order valence-electron chi connectivity index (χ3n) is 4.12. The number of amides is 1. The monoisotopic (exact) mass is 364 g/mol. The summed E-state index contributed by atoms with van der Waals surface area (Å²) in [6, 6.07) is 16.8. The molecular weight excluding hydrogens is 344 g/mol. The SMILES string of the molecule is COc1cc2ccccc2cc1C(=O)N/N=C/c1cccc(OC)c1OC. The van der Waals surface area contributed by atoms with Crippen LogP contribution in [0.5, 0.6) is 17.2 Å². The molecule has 27 heavy (non-hydrogen) atoms. The van der Waals surface area contributed by atoms with E-state index in [1.807, 2.05) is 42.5 Å². The number of hydrazone groups is 1. The van der Waals surface area contributed by atoms with Crippen LogP contribution in [0.15, 0.2) is 59.7 Å². The van der Waals surface area contributed by atoms with Crippen LogP contribution in [0.25, 0.3) is 10.8 Å². The van der Waals surface area contributed by atoms with E-state index >= 15 is 0 Å². The number of rotatable bonds is 6. The van der Waals surface area contributed by atoms with Gasteiger partial charge in [0.1, 0.15) is 5.75 Å². The highest BCUT2D eigenvalue weighted by atomic mass is 16.5. The number of hydrogen-bond acceptors (Lipinski definition) is 5. The quantitative estimate of drug-likeness (QED) is 0.536. The topological polar surface area (TPSA) is 69.2 Å². The van der Waals surface area contributed by atoms with Crippen LogP contribution in [0.2, 0.25) is 0 Å². The van der Waals surface area contributed by atoms with E-state index in [1.165, 1.54) is 13.3 Å². The molecule has 3 aromatic carbocycles. The van der Waals surface area contributed by atoms with E-state index in [1.54, 1.807) is 26.4 Å². The van der Waals surface area contributed by atoms with Crippen LogP contribution in [-0.4, -0.2) is 33.5 Å². The van der Waals surface area contributed by atoms with E-state index in [2.05, 4.69) is 10.5 Å². The van der Waals surface area contributed by atoms with Crippen molar-refractivity contribution in [2.24, 2.45) is 5.10 Å². The highest BCUT2D eigenvalue weighted by Gasteiger charge is 2.13. The Kier molecular flexibility index (Phi) is 5.56. The van der Waals surface area contributed by atoms with E-state index in [0.717, 1.165) is 10.8 Å². The molecule has 0 aliphatic heterocycles. The normalized spacial score (nSPS) is 10.8. The molecule has 1 N–H and O–H groups in total. The Morgan fingerprint density at radius 1 is 0.889 bits per heavy atom. The number of methoxy groups -OCH3 is 3. The van der Waals surface area contributed by atoms with Crippen LogP contribution in [-0.2, 0) is 0 Å². The average molecular weight is 364 g/mol. The van der Waals surface area contributed by atoms with Crippen molar-refractivity contribution in [1.82, 2.24) is 5.43 Å². The van der Waals surface area contributed by atoms with Gasteiger partial charge >= 0.3 is 0 Å². The van der Waals surface area contributed by atoms with E-state index < -0.39 is 0 Å². The Morgan fingerprint density at radius 3 is 2.26 bits per heavy atom. The summed E-state index contributed by atoms with van der Waals surface area (Å²) >= 11 is 0. The van der Waals surface area contributed by atoms with E-state index in [4.69, 9.17) is 14.2 Å². The minimum Gasteiger partial charge on any atom is -0.496 e. The fraction of sp³-hybridized carbons (Fsp3) is 0.143. The number of nitrogens with one attached hydrogen (secondary N) is 1. The van der Waals surface area contributed by atoms with Crippen molar-refractivity contribution in [1.29, 1.82) is 0 Å². The predicted molar refractivity (Wildman–Crippen MR) is 105 cm³/mol. The van der Waals surface area contributed by atoms with Gasteiger partial charge in [0.15, 0.2) is 11.5 Å². The molecule has 6 heteroatoms. The van der Waals surface area contributed by atoms with Crippen LogP contribution in [0.4, 0.5) is 0 Å². The molecule has 0 saturated heterocycles. The van der Waals surface area contributed by atoms with Crippen molar-refractivity contribution in [3.05, 3.63) is 65.7 Å². The summed E-state index contributed by atoms with van der Waals surface area (Å²) in [4.78, 5) is 12.6. The lowest BCUT2D eigenvalue weighted by Gasteiger charge is -2.10. The zero-order chi connectivity index (χ0) is 19.2. The minimum absolute atomic E-state index is 0.365. The molecule has 0 aromatic heterocycles. The first-order valence-corrected chi connectivity index (χ1v) is 8.29. The number of fused-ring (bicyclic) bond motifs is 1. The van der Waals surface area contributed by atoms with Gasteiger partial charge in [-0.05, 0) is 35.0 Å². The number of para-hydroxylation sites is 1. The van der Waals surface area contributed by atoms with Gasteiger partial charge in [0.2, 0.25) is 0 Å². The molecule has 0 atom stereocenters. The van der Waals surface area contributed by atoms with Gasteiger partial charge in [0.05, 0.1) is 33.1 Å². The molecule has 0 radical (unpaired) electrons. The Hall–Kier alpha value is -3.54. The highest BCUT2D eigenvalue weighted by Crippen LogP contribution is 2.29. The molecule has 0 spiro atoms. The molecule has 0 bridgehead atoms. The van der Waals surface area contributed by atoms with Crippen LogP contribution in [0.1, 0.15) is 15.9 Å². The predicted octanol–water partition coefficient (Wildman–Crippen LogP) is 3.63. The zero-order valence-electron chi connectivity index (χ0n) is 15.4. The van der Waals surface area contributed by atoms with Crippen molar-refractivity contribution in [2.75, 3.05) is 21.3 Å². The molecule has 0 unspecified atom stereocenters. The summed E-state index contributed by atoms with van der Waals surface area (Å²) in [5.74, 6) is 1.25. The lowest BCUT2D eigenvalue weighted by atomic mass is 10.1. The third-order valence-corrected chi connectivity index (χ3v) is 4.12. The lowest BCUT2D eigenvalue weighted by molar-refractivity contribution is 0.0952. The van der Waals surface area contributed by atoms with Gasteiger partial charge in [-0.2, -0.15) is 5.10 Å². The molecule has 0 aliphatic rings. The second-order valence-corrected chi connectivity index (χ2v) is 5.68. The molecular formula is C21H20N2O4. The first-order chi connectivity index (χ1) is 13.2. The van der Waals surface area contributed by atoms with E-state index in [9.17, 15) is 4.79 Å². The molecule has 0 aliphatic carbocycles. The standard InChI is InChI=1S/C21H20N2O4/c1-25-18-10-6-9-16(20(18)27-3)13-22-23-21(24)17-11-14-7-4-5-8-15(14)12-19(17)26-2/h4-13H,1-3H3,(H,23,24)/b22-13+. The number of hydrogen-bond donors (Lipinski definition) is 1. The third kappa shape index (κ3) is 3.84. The van der Waals surface area contributed by atoms with Crippen LogP contribution >= 0.6 is 0 Å². The van der Waals surface area contributed by atoms with E-state index in [0.29, 0.717) is 28.4 Å². The molecule has 138 valence electrons. The molecule has 1 amide bonds. The second kappa shape index (κ2) is 8.23. The average Bonchev–Trinajstić information content (AvgIpc) is 2.72. The van der Waals surface area contributed by atoms with Gasteiger partial charge in [-0.25, -0.2) is 5.43 Å². The summed E-state index contributed by atoms with van der Waals surface area (Å²) in [5.41, 5.74) is 3.62. The Morgan fingerprint density at radius 2 is 1.59 bits per heavy atom. The summed E-state index contributed by atoms with van der Waals surface area (Å²) in [6.45, 7) is 0. The second-order valence-electron chi connectivity index (χ2n) is 5.68. The Balaban J connectivity index is 1.84. The molecule has 0 saturated carbocycles. The number of ether oxygens (including phenoxy) is 3. The van der Waals surface area contributed by atoms with Crippen molar-refractivity contribution in [2.45, 2.75) is 0 Å². The summed E-state index contributed by atoms with van der Waals surface area (Å²) in [7, 11) is 4.64. The minimum atomic E-state index is -0.365. The Bertz CT molecular complexity index is 999. The maximum atomic E-state index is 12.6. The van der Waals surface area contributed by atoms with Crippen LogP contribution in [0.3, 0.4) is 0 Å². The first-order valence-electron chi connectivity index (χ1n) is 8.29. The molecule has 0 heterocycles. The van der Waals surface area contributed by atoms with Gasteiger partial charge < -0.3 is 14.2 Å². The maximum absolute atomic E-state index is 12.6. The summed E-state index contributed by atoms with van der Waals surface area (Å²) < 4.78 is 16.0. The fourth-order valence-corrected chi connectivity index (χ4v) is 2.80.